The fourth-order valence-electron chi connectivity index (χ4n) is 1.91. The van der Waals surface area contributed by atoms with Gasteiger partial charge in [0, 0.05) is 12.8 Å². The summed E-state index contributed by atoms with van der Waals surface area (Å²) in [5.74, 6) is 1.77. The summed E-state index contributed by atoms with van der Waals surface area (Å²) >= 11 is 0. The van der Waals surface area contributed by atoms with Gasteiger partial charge in [-0.15, -0.1) is 0 Å². The molecule has 0 aliphatic carbocycles. The quantitative estimate of drug-likeness (QED) is 0.895. The van der Waals surface area contributed by atoms with Gasteiger partial charge in [0.1, 0.15) is 5.82 Å². The molecule has 0 amide bonds. The third-order valence-electron chi connectivity index (χ3n) is 3.09. The minimum atomic E-state index is -0.498. The Balaban J connectivity index is 2.34. The minimum absolute atomic E-state index is 0.498. The van der Waals surface area contributed by atoms with Crippen LogP contribution in [-0.2, 0) is 12.8 Å². The van der Waals surface area contributed by atoms with E-state index in [2.05, 4.69) is 22.0 Å². The van der Waals surface area contributed by atoms with Crippen LogP contribution in [0, 0.1) is 0 Å². The van der Waals surface area contributed by atoms with E-state index < -0.39 is 6.10 Å². The Bertz CT molecular complexity index is 533. The lowest BCUT2D eigenvalue weighted by Crippen LogP contribution is -2.05. The number of aryl methyl sites for hydroxylation is 2. The molecule has 1 unspecified atom stereocenters. The van der Waals surface area contributed by atoms with Crippen LogP contribution in [0.25, 0.3) is 5.69 Å². The zero-order valence-corrected chi connectivity index (χ0v) is 11.7. The highest BCUT2D eigenvalue weighted by atomic mass is 16.3. The maximum Gasteiger partial charge on any atom is 0.151 e. The van der Waals surface area contributed by atoms with Crippen molar-refractivity contribution in [2.75, 3.05) is 0 Å². The Hall–Kier alpha value is -1.75. The number of pyridine rings is 1. The van der Waals surface area contributed by atoms with Gasteiger partial charge in [0.05, 0.1) is 23.7 Å². The van der Waals surface area contributed by atoms with Crippen LogP contribution in [0.2, 0.25) is 0 Å². The van der Waals surface area contributed by atoms with Crippen molar-refractivity contribution in [3.05, 3.63) is 35.7 Å². The molecule has 2 rings (SSSR count). The van der Waals surface area contributed by atoms with Crippen LogP contribution in [0.4, 0.5) is 0 Å². The normalized spacial score (nSPS) is 12.6. The second kappa shape index (κ2) is 5.93. The molecule has 19 heavy (non-hydrogen) atoms. The van der Waals surface area contributed by atoms with E-state index in [1.54, 1.807) is 6.20 Å². The van der Waals surface area contributed by atoms with Gasteiger partial charge in [-0.1, -0.05) is 20.8 Å². The molecular formula is C14H20N4O. The van der Waals surface area contributed by atoms with Crippen LogP contribution in [0.5, 0.6) is 0 Å². The van der Waals surface area contributed by atoms with Gasteiger partial charge in [-0.05, 0) is 18.6 Å². The highest BCUT2D eigenvalue weighted by Gasteiger charge is 2.11. The molecule has 2 aromatic heterocycles. The van der Waals surface area contributed by atoms with Crippen LogP contribution in [0.3, 0.4) is 0 Å². The molecule has 0 aliphatic heterocycles. The van der Waals surface area contributed by atoms with Gasteiger partial charge < -0.3 is 5.11 Å². The molecule has 1 N–H and O–H groups in total. The smallest absolute Gasteiger partial charge is 0.151 e. The first-order valence-electron chi connectivity index (χ1n) is 6.78. The molecule has 0 fully saturated rings. The molecular weight excluding hydrogens is 240 g/mol. The van der Waals surface area contributed by atoms with Crippen molar-refractivity contribution in [1.82, 2.24) is 19.7 Å². The molecule has 0 radical (unpaired) electrons. The van der Waals surface area contributed by atoms with Gasteiger partial charge in [0.15, 0.2) is 5.82 Å². The first kappa shape index (κ1) is 13.7. The summed E-state index contributed by atoms with van der Waals surface area (Å²) in [5.41, 5.74) is 1.58. The van der Waals surface area contributed by atoms with Crippen LogP contribution in [0.1, 0.15) is 50.6 Å². The van der Waals surface area contributed by atoms with Crippen LogP contribution in [-0.4, -0.2) is 24.9 Å². The van der Waals surface area contributed by atoms with Crippen LogP contribution < -0.4 is 0 Å². The molecule has 0 aromatic carbocycles. The van der Waals surface area contributed by atoms with Gasteiger partial charge in [0.25, 0.3) is 0 Å². The maximum atomic E-state index is 9.74. The molecule has 0 saturated carbocycles. The molecule has 5 heteroatoms. The zero-order chi connectivity index (χ0) is 13.8. The van der Waals surface area contributed by atoms with E-state index in [0.29, 0.717) is 12.1 Å². The first-order valence-corrected chi connectivity index (χ1v) is 6.78. The fraction of sp³-hybridized carbons (Fsp3) is 0.500. The summed E-state index contributed by atoms with van der Waals surface area (Å²) in [7, 11) is 0. The highest BCUT2D eigenvalue weighted by molar-refractivity contribution is 5.30. The molecule has 0 spiro atoms. The largest absolute Gasteiger partial charge is 0.387 e. The predicted molar refractivity (Wildman–Crippen MR) is 73.2 cm³/mol. The number of rotatable bonds is 5. The molecule has 0 bridgehead atoms. The predicted octanol–water partition coefficient (Wildman–Crippen LogP) is 2.23. The highest BCUT2D eigenvalue weighted by Crippen LogP contribution is 2.16. The second-order valence-corrected chi connectivity index (χ2v) is 4.43. The summed E-state index contributed by atoms with van der Waals surface area (Å²) in [4.78, 5) is 8.77. The first-order chi connectivity index (χ1) is 9.19. The van der Waals surface area contributed by atoms with E-state index in [1.165, 1.54) is 0 Å². The van der Waals surface area contributed by atoms with Crippen molar-refractivity contribution < 1.29 is 5.11 Å². The van der Waals surface area contributed by atoms with Gasteiger partial charge in [-0.3, -0.25) is 4.98 Å². The van der Waals surface area contributed by atoms with E-state index in [1.807, 2.05) is 30.7 Å². The number of aliphatic hydroxyl groups is 1. The molecule has 2 heterocycles. The van der Waals surface area contributed by atoms with Crippen molar-refractivity contribution in [2.24, 2.45) is 0 Å². The average molecular weight is 260 g/mol. The number of hydrogen-bond donors (Lipinski definition) is 1. The Morgan fingerprint density at radius 1 is 1.21 bits per heavy atom. The van der Waals surface area contributed by atoms with E-state index >= 15 is 0 Å². The van der Waals surface area contributed by atoms with E-state index in [-0.39, 0.29) is 0 Å². The number of aromatic nitrogens is 4. The van der Waals surface area contributed by atoms with Gasteiger partial charge >= 0.3 is 0 Å². The Labute approximate surface area is 113 Å². The molecule has 102 valence electrons. The topological polar surface area (TPSA) is 63.8 Å². The molecule has 0 saturated heterocycles. The maximum absolute atomic E-state index is 9.74. The summed E-state index contributed by atoms with van der Waals surface area (Å²) < 4.78 is 1.83. The van der Waals surface area contributed by atoms with Gasteiger partial charge in [-0.2, -0.15) is 5.10 Å². The van der Waals surface area contributed by atoms with Crippen molar-refractivity contribution >= 4 is 0 Å². The monoisotopic (exact) mass is 260 g/mol. The van der Waals surface area contributed by atoms with Gasteiger partial charge in [0.2, 0.25) is 0 Å². The van der Waals surface area contributed by atoms with Crippen molar-refractivity contribution in [3.63, 3.8) is 0 Å². The molecule has 1 atom stereocenters. The van der Waals surface area contributed by atoms with Crippen molar-refractivity contribution in [1.29, 1.82) is 0 Å². The van der Waals surface area contributed by atoms with Crippen LogP contribution in [0.15, 0.2) is 18.3 Å². The lowest BCUT2D eigenvalue weighted by molar-refractivity contribution is 0.169. The zero-order valence-electron chi connectivity index (χ0n) is 11.7. The lowest BCUT2D eigenvalue weighted by atomic mass is 10.2. The lowest BCUT2D eigenvalue weighted by Gasteiger charge is -2.08. The third kappa shape index (κ3) is 2.81. The van der Waals surface area contributed by atoms with Crippen molar-refractivity contribution in [3.8, 4) is 5.69 Å². The fourth-order valence-corrected chi connectivity index (χ4v) is 1.91. The molecule has 5 nitrogen and oxygen atoms in total. The minimum Gasteiger partial charge on any atom is -0.387 e. The number of aliphatic hydroxyl groups excluding tert-OH is 1. The summed E-state index contributed by atoms with van der Waals surface area (Å²) in [5, 5.41) is 14.2. The number of nitrogens with zero attached hydrogens (tertiary/aromatic N) is 4. The average Bonchev–Trinajstić information content (AvgIpc) is 2.90. The number of hydrogen-bond acceptors (Lipinski definition) is 4. The summed E-state index contributed by atoms with van der Waals surface area (Å²) in [6.45, 7) is 6.03. The molecule has 0 aliphatic rings. The van der Waals surface area contributed by atoms with E-state index in [0.717, 1.165) is 30.2 Å². The van der Waals surface area contributed by atoms with Crippen LogP contribution >= 0.6 is 0 Å². The Morgan fingerprint density at radius 2 is 2.00 bits per heavy atom. The third-order valence-corrected chi connectivity index (χ3v) is 3.09. The standard InChI is InChI=1S/C14H20N4O/c1-4-12(19)11-8-7-10(9-15-11)18-14(6-3)16-13(5-2)17-18/h7-9,12,19H,4-6H2,1-3H3. The Kier molecular flexibility index (Phi) is 4.27. The van der Waals surface area contributed by atoms with E-state index in [4.69, 9.17) is 0 Å². The molecule has 2 aromatic rings. The second-order valence-electron chi connectivity index (χ2n) is 4.43. The summed E-state index contributed by atoms with van der Waals surface area (Å²) in [6, 6.07) is 3.77. The van der Waals surface area contributed by atoms with E-state index in [9.17, 15) is 5.11 Å². The SMILES string of the molecule is CCc1nc(CC)n(-c2ccc(C(O)CC)nc2)n1. The Morgan fingerprint density at radius 3 is 2.53 bits per heavy atom. The van der Waals surface area contributed by atoms with Gasteiger partial charge in [-0.25, -0.2) is 9.67 Å². The summed E-state index contributed by atoms with van der Waals surface area (Å²) in [6.07, 6.45) is 3.55. The van der Waals surface area contributed by atoms with Crippen molar-refractivity contribution in [2.45, 2.75) is 46.1 Å².